The summed E-state index contributed by atoms with van der Waals surface area (Å²) in [7, 11) is 0.0286. The number of piperidine rings is 1. The summed E-state index contributed by atoms with van der Waals surface area (Å²) in [6, 6.07) is 4.84. The summed E-state index contributed by atoms with van der Waals surface area (Å²) in [6.07, 6.45) is 2.85. The Morgan fingerprint density at radius 1 is 1.24 bits per heavy atom. The van der Waals surface area contributed by atoms with E-state index in [2.05, 4.69) is 5.32 Å². The summed E-state index contributed by atoms with van der Waals surface area (Å²) in [5.74, 6) is -0.154. The molecule has 1 aromatic carbocycles. The summed E-state index contributed by atoms with van der Waals surface area (Å²) in [4.78, 5) is 14.4. The van der Waals surface area contributed by atoms with Crippen LogP contribution in [0.15, 0.2) is 23.1 Å². The average molecular weight is 390 g/mol. The molecule has 1 aromatic rings. The molecule has 1 aliphatic rings. The fraction of sp³-hybridized carbons (Fsp3) is 0.588. The number of hydrogen-bond donors (Lipinski definition) is 1. The van der Waals surface area contributed by atoms with Crippen LogP contribution < -0.4 is 5.32 Å². The monoisotopic (exact) mass is 389 g/mol. The highest BCUT2D eigenvalue weighted by Gasteiger charge is 2.27. The fourth-order valence-corrected chi connectivity index (χ4v) is 4.38. The molecule has 0 atom stereocenters. The number of carbonyl (C=O) groups excluding carboxylic acids is 1. The Hall–Kier alpha value is -1.15. The van der Waals surface area contributed by atoms with Crippen LogP contribution in [0, 0.1) is 6.92 Å². The number of halogens is 1. The number of aryl methyl sites for hydroxylation is 1. The molecule has 1 heterocycles. The molecule has 1 aliphatic heterocycles. The number of hydrogen-bond acceptors (Lipinski definition) is 4. The Balaban J connectivity index is 0.00000312. The number of nitrogens with zero attached hydrogens (tertiary/aromatic N) is 2. The van der Waals surface area contributed by atoms with Gasteiger partial charge in [0.1, 0.15) is 0 Å². The molecular weight excluding hydrogens is 362 g/mol. The van der Waals surface area contributed by atoms with Gasteiger partial charge in [-0.05, 0) is 44.5 Å². The molecule has 0 radical (unpaired) electrons. The Labute approximate surface area is 157 Å². The van der Waals surface area contributed by atoms with Gasteiger partial charge in [0.05, 0.1) is 4.90 Å². The number of amides is 1. The minimum atomic E-state index is -3.53. The first-order chi connectivity index (χ1) is 11.4. The number of benzene rings is 1. The van der Waals surface area contributed by atoms with Crippen molar-refractivity contribution in [2.24, 2.45) is 0 Å². The van der Waals surface area contributed by atoms with Crippen molar-refractivity contribution in [1.82, 2.24) is 14.5 Å². The predicted molar refractivity (Wildman–Crippen MR) is 102 cm³/mol. The van der Waals surface area contributed by atoms with Crippen molar-refractivity contribution in [1.29, 1.82) is 0 Å². The SMILES string of the molecule is CNCCN(C)C(=O)c1cc(S(=O)(=O)N2CCCCC2)ccc1C.Cl. The van der Waals surface area contributed by atoms with Gasteiger partial charge in [0.2, 0.25) is 10.0 Å². The maximum absolute atomic E-state index is 12.8. The summed E-state index contributed by atoms with van der Waals surface area (Å²) in [6.45, 7) is 4.20. The van der Waals surface area contributed by atoms with Crippen LogP contribution in [0.4, 0.5) is 0 Å². The second-order valence-electron chi connectivity index (χ2n) is 6.27. The van der Waals surface area contributed by atoms with Crippen molar-refractivity contribution in [3.8, 4) is 0 Å². The van der Waals surface area contributed by atoms with E-state index in [0.717, 1.165) is 24.8 Å². The molecule has 0 bridgehead atoms. The standard InChI is InChI=1S/C17H27N3O3S.ClH/c1-14-7-8-15(24(22,23)20-10-5-4-6-11-20)13-16(14)17(21)19(3)12-9-18-2;/h7-8,13,18H,4-6,9-12H2,1-3H3;1H. The third kappa shape index (κ3) is 5.17. The summed E-state index contributed by atoms with van der Waals surface area (Å²) in [5.41, 5.74) is 1.24. The zero-order valence-electron chi connectivity index (χ0n) is 15.1. The molecule has 0 aliphatic carbocycles. The van der Waals surface area contributed by atoms with Gasteiger partial charge in [-0.2, -0.15) is 4.31 Å². The molecule has 0 aromatic heterocycles. The van der Waals surface area contributed by atoms with Gasteiger partial charge in [0, 0.05) is 38.8 Å². The largest absolute Gasteiger partial charge is 0.340 e. The molecule has 0 unspecified atom stereocenters. The highest BCUT2D eigenvalue weighted by atomic mass is 35.5. The molecule has 1 N–H and O–H groups in total. The number of sulfonamides is 1. The van der Waals surface area contributed by atoms with E-state index >= 15 is 0 Å². The molecule has 1 fully saturated rings. The number of carbonyl (C=O) groups is 1. The maximum Gasteiger partial charge on any atom is 0.253 e. The van der Waals surface area contributed by atoms with E-state index in [0.29, 0.717) is 31.7 Å². The molecule has 1 amide bonds. The van der Waals surface area contributed by atoms with Gasteiger partial charge in [0.15, 0.2) is 0 Å². The molecule has 1 saturated heterocycles. The molecule has 6 nitrogen and oxygen atoms in total. The lowest BCUT2D eigenvalue weighted by Gasteiger charge is -2.26. The molecule has 0 saturated carbocycles. The van der Waals surface area contributed by atoms with Crippen molar-refractivity contribution in [2.45, 2.75) is 31.1 Å². The third-order valence-electron chi connectivity index (χ3n) is 4.44. The van der Waals surface area contributed by atoms with Gasteiger partial charge in [-0.25, -0.2) is 8.42 Å². The smallest absolute Gasteiger partial charge is 0.253 e. The normalized spacial score (nSPS) is 15.5. The van der Waals surface area contributed by atoms with Crippen LogP contribution in [0.25, 0.3) is 0 Å². The molecule has 142 valence electrons. The van der Waals surface area contributed by atoms with Gasteiger partial charge in [-0.15, -0.1) is 12.4 Å². The van der Waals surface area contributed by atoms with E-state index in [1.807, 2.05) is 14.0 Å². The van der Waals surface area contributed by atoms with E-state index in [1.165, 1.54) is 10.4 Å². The number of likely N-dealkylation sites (N-methyl/N-ethyl adjacent to an activating group) is 2. The fourth-order valence-electron chi connectivity index (χ4n) is 2.83. The van der Waals surface area contributed by atoms with Gasteiger partial charge in [0.25, 0.3) is 5.91 Å². The topological polar surface area (TPSA) is 69.7 Å². The highest BCUT2D eigenvalue weighted by molar-refractivity contribution is 7.89. The number of rotatable bonds is 6. The van der Waals surface area contributed by atoms with E-state index < -0.39 is 10.0 Å². The second-order valence-corrected chi connectivity index (χ2v) is 8.21. The van der Waals surface area contributed by atoms with Crippen LogP contribution >= 0.6 is 12.4 Å². The summed E-state index contributed by atoms with van der Waals surface area (Å²) in [5, 5.41) is 3.00. The van der Waals surface area contributed by atoms with Gasteiger partial charge < -0.3 is 10.2 Å². The van der Waals surface area contributed by atoms with Gasteiger partial charge >= 0.3 is 0 Å². The first-order valence-corrected chi connectivity index (χ1v) is 9.83. The van der Waals surface area contributed by atoms with E-state index in [9.17, 15) is 13.2 Å². The van der Waals surface area contributed by atoms with E-state index in [-0.39, 0.29) is 23.2 Å². The van der Waals surface area contributed by atoms with E-state index in [4.69, 9.17) is 0 Å². The van der Waals surface area contributed by atoms with E-state index in [1.54, 1.807) is 24.1 Å². The first kappa shape index (κ1) is 21.9. The minimum Gasteiger partial charge on any atom is -0.340 e. The Morgan fingerprint density at radius 2 is 1.88 bits per heavy atom. The summed E-state index contributed by atoms with van der Waals surface area (Å²) < 4.78 is 27.1. The predicted octanol–water partition coefficient (Wildman–Crippen LogP) is 1.88. The van der Waals surface area contributed by atoms with Gasteiger partial charge in [-0.3, -0.25) is 4.79 Å². The van der Waals surface area contributed by atoms with Crippen molar-refractivity contribution in [2.75, 3.05) is 40.3 Å². The minimum absolute atomic E-state index is 0. The Bertz CT molecular complexity index is 688. The Morgan fingerprint density at radius 3 is 2.48 bits per heavy atom. The zero-order chi connectivity index (χ0) is 17.7. The van der Waals surface area contributed by atoms with Crippen molar-refractivity contribution in [3.05, 3.63) is 29.3 Å². The average Bonchev–Trinajstić information content (AvgIpc) is 2.60. The molecule has 2 rings (SSSR count). The van der Waals surface area contributed by atoms with Crippen LogP contribution in [-0.2, 0) is 10.0 Å². The van der Waals surface area contributed by atoms with Crippen molar-refractivity contribution >= 4 is 28.3 Å². The zero-order valence-corrected chi connectivity index (χ0v) is 16.8. The van der Waals surface area contributed by atoms with Crippen LogP contribution in [0.5, 0.6) is 0 Å². The lowest BCUT2D eigenvalue weighted by Crippen LogP contribution is -2.36. The van der Waals surface area contributed by atoms with Gasteiger partial charge in [-0.1, -0.05) is 12.5 Å². The Kier molecular flexibility index (Phi) is 8.34. The third-order valence-corrected chi connectivity index (χ3v) is 6.33. The lowest BCUT2D eigenvalue weighted by molar-refractivity contribution is 0.0796. The van der Waals surface area contributed by atoms with Crippen molar-refractivity contribution < 1.29 is 13.2 Å². The maximum atomic E-state index is 12.8. The highest BCUT2D eigenvalue weighted by Crippen LogP contribution is 2.23. The van der Waals surface area contributed by atoms with Crippen LogP contribution in [-0.4, -0.2) is 63.8 Å². The molecule has 0 spiro atoms. The van der Waals surface area contributed by atoms with Crippen LogP contribution in [0.3, 0.4) is 0 Å². The van der Waals surface area contributed by atoms with Crippen LogP contribution in [0.2, 0.25) is 0 Å². The number of nitrogens with one attached hydrogen (secondary N) is 1. The van der Waals surface area contributed by atoms with Crippen LogP contribution in [0.1, 0.15) is 35.2 Å². The lowest BCUT2D eigenvalue weighted by atomic mass is 10.1. The van der Waals surface area contributed by atoms with Crippen molar-refractivity contribution in [3.63, 3.8) is 0 Å². The molecule has 25 heavy (non-hydrogen) atoms. The summed E-state index contributed by atoms with van der Waals surface area (Å²) >= 11 is 0. The molecule has 8 heteroatoms. The first-order valence-electron chi connectivity index (χ1n) is 8.39. The second kappa shape index (κ2) is 9.52. The molecular formula is C17H28ClN3O3S. The quantitative estimate of drug-likeness (QED) is 0.806.